The van der Waals surface area contributed by atoms with Gasteiger partial charge in [-0.2, -0.15) is 0 Å². The van der Waals surface area contributed by atoms with Gasteiger partial charge >= 0.3 is 117 Å². The molecule has 0 radical (unpaired) electrons. The van der Waals surface area contributed by atoms with Gasteiger partial charge in [0.15, 0.2) is 0 Å². The van der Waals surface area contributed by atoms with E-state index in [0.29, 0.717) is 47.4 Å². The van der Waals surface area contributed by atoms with Gasteiger partial charge in [0.1, 0.15) is 0 Å². The summed E-state index contributed by atoms with van der Waals surface area (Å²) in [7, 11) is 1.68. The second-order valence-electron chi connectivity index (χ2n) is 3.42. The fourth-order valence-electron chi connectivity index (χ4n) is 0.939. The maximum atomic E-state index is 11.0. The van der Waals surface area contributed by atoms with Gasteiger partial charge in [-0.15, -0.1) is 0 Å². The van der Waals surface area contributed by atoms with Crippen LogP contribution in [0.4, 0.5) is 0 Å². The van der Waals surface area contributed by atoms with E-state index in [1.54, 1.807) is 7.05 Å². The third-order valence-electron chi connectivity index (χ3n) is 2.02. The van der Waals surface area contributed by atoms with E-state index in [4.69, 9.17) is 0 Å². The van der Waals surface area contributed by atoms with Crippen molar-refractivity contribution in [1.29, 1.82) is 0 Å². The summed E-state index contributed by atoms with van der Waals surface area (Å²) in [5, 5.41) is 9.67. The molecular weight excluding hydrogens is 350 g/mol. The number of amides is 1. The monoisotopic (exact) mass is 374 g/mol. The number of nitrogens with one attached hydrogen (secondary N) is 2. The molecule has 0 aliphatic rings. The molecule has 0 bridgehead atoms. The molecule has 0 aromatic carbocycles. The SMILES string of the molecule is CCC(=O)C[Se]CCNCC[Se]CC(=O)NC. The molecule has 0 fully saturated rings. The van der Waals surface area contributed by atoms with Gasteiger partial charge in [0.25, 0.3) is 0 Å². The predicted octanol–water partition coefficient (Wildman–Crippen LogP) is 0.383. The van der Waals surface area contributed by atoms with Gasteiger partial charge in [0.05, 0.1) is 0 Å². The molecule has 2 N–H and O–H groups in total. The van der Waals surface area contributed by atoms with E-state index in [1.165, 1.54) is 0 Å². The number of carbonyl (C=O) groups excluding carboxylic acids is 2. The van der Waals surface area contributed by atoms with E-state index < -0.39 is 0 Å². The third-order valence-corrected chi connectivity index (χ3v) is 6.17. The van der Waals surface area contributed by atoms with Crippen LogP contribution in [-0.4, -0.2) is 61.7 Å². The van der Waals surface area contributed by atoms with Crippen molar-refractivity contribution in [2.45, 2.75) is 34.6 Å². The van der Waals surface area contributed by atoms with Crippen molar-refractivity contribution in [3.8, 4) is 0 Å². The van der Waals surface area contributed by atoms with E-state index in [1.807, 2.05) is 6.92 Å². The fraction of sp³-hybridized carbons (Fsp3) is 0.818. The van der Waals surface area contributed by atoms with Crippen LogP contribution in [-0.2, 0) is 9.59 Å². The Bertz CT molecular complexity index is 204. The molecule has 0 aliphatic carbocycles. The Kier molecular flexibility index (Phi) is 12.7. The summed E-state index contributed by atoms with van der Waals surface area (Å²) in [5.74, 6) is 0.533. The number of carbonyl (C=O) groups is 2. The summed E-state index contributed by atoms with van der Waals surface area (Å²) in [6, 6.07) is 0. The van der Waals surface area contributed by atoms with Crippen molar-refractivity contribution in [2.24, 2.45) is 0 Å². The van der Waals surface area contributed by atoms with Crippen molar-refractivity contribution < 1.29 is 9.59 Å². The van der Waals surface area contributed by atoms with Gasteiger partial charge in [-0.25, -0.2) is 0 Å². The Hall–Kier alpha value is 0.139. The normalized spacial score (nSPS) is 10.2. The quantitative estimate of drug-likeness (QED) is 0.407. The first kappa shape index (κ1) is 17.1. The molecule has 0 unspecified atom stereocenters. The van der Waals surface area contributed by atoms with Crippen LogP contribution in [0.25, 0.3) is 0 Å². The molecule has 6 heteroatoms. The van der Waals surface area contributed by atoms with Gasteiger partial charge in [0, 0.05) is 0 Å². The first-order chi connectivity index (χ1) is 8.20. The third kappa shape index (κ3) is 12.4. The van der Waals surface area contributed by atoms with Crippen LogP contribution in [0, 0.1) is 0 Å². The molecule has 100 valence electrons. The molecule has 0 aromatic heterocycles. The van der Waals surface area contributed by atoms with Crippen LogP contribution in [0.5, 0.6) is 0 Å². The van der Waals surface area contributed by atoms with Crippen LogP contribution >= 0.6 is 0 Å². The Morgan fingerprint density at radius 3 is 2.18 bits per heavy atom. The van der Waals surface area contributed by atoms with Crippen LogP contribution in [0.1, 0.15) is 13.3 Å². The standard InChI is InChI=1S/C11H22N2O2Se2/c1-3-10(14)8-16-6-4-13-5-7-17-9-11(15)12-2/h13H,3-9H2,1-2H3,(H,12,15). The Morgan fingerprint density at radius 1 is 1.06 bits per heavy atom. The van der Waals surface area contributed by atoms with Crippen molar-refractivity contribution in [1.82, 2.24) is 10.6 Å². The van der Waals surface area contributed by atoms with Gasteiger partial charge in [0.2, 0.25) is 0 Å². The van der Waals surface area contributed by atoms with Crippen LogP contribution in [0.15, 0.2) is 0 Å². The average molecular weight is 372 g/mol. The number of Topliss-reactive ketones (excluding diaryl/α,β-unsaturated/α-hetero) is 1. The number of hydrogen-bond acceptors (Lipinski definition) is 3. The average Bonchev–Trinajstić information content (AvgIpc) is 2.35. The molecule has 0 rings (SSSR count). The Labute approximate surface area is 116 Å². The summed E-state index contributed by atoms with van der Waals surface area (Å²) >= 11 is 0.879. The second-order valence-corrected chi connectivity index (χ2v) is 8.06. The van der Waals surface area contributed by atoms with Crippen molar-refractivity contribution in [3.05, 3.63) is 0 Å². The molecule has 1 amide bonds. The van der Waals surface area contributed by atoms with Crippen molar-refractivity contribution in [2.75, 3.05) is 20.1 Å². The first-order valence-corrected chi connectivity index (χ1v) is 10.6. The fourth-order valence-corrected chi connectivity index (χ4v) is 4.35. The van der Waals surface area contributed by atoms with E-state index in [2.05, 4.69) is 10.6 Å². The first-order valence-electron chi connectivity index (χ1n) is 5.79. The molecule has 0 atom stereocenters. The van der Waals surface area contributed by atoms with Crippen molar-refractivity contribution >= 4 is 41.6 Å². The van der Waals surface area contributed by atoms with Crippen LogP contribution in [0.2, 0.25) is 21.3 Å². The van der Waals surface area contributed by atoms with Gasteiger partial charge in [-0.1, -0.05) is 0 Å². The zero-order chi connectivity index (χ0) is 12.9. The van der Waals surface area contributed by atoms with Crippen molar-refractivity contribution in [3.63, 3.8) is 0 Å². The van der Waals surface area contributed by atoms with Crippen LogP contribution < -0.4 is 10.6 Å². The molecule has 0 heterocycles. The van der Waals surface area contributed by atoms with E-state index in [9.17, 15) is 9.59 Å². The molecule has 0 saturated heterocycles. The minimum atomic E-state index is 0.145. The predicted molar refractivity (Wildman–Crippen MR) is 73.0 cm³/mol. The zero-order valence-corrected chi connectivity index (χ0v) is 14.0. The molecule has 0 saturated carbocycles. The summed E-state index contributed by atoms with van der Waals surface area (Å²) in [6.45, 7) is 3.92. The van der Waals surface area contributed by atoms with Gasteiger partial charge in [-0.05, 0) is 0 Å². The number of hydrogen-bond donors (Lipinski definition) is 2. The summed E-state index contributed by atoms with van der Waals surface area (Å²) in [6.07, 6.45) is 0.678. The molecule has 0 spiro atoms. The summed E-state index contributed by atoms with van der Waals surface area (Å²) in [4.78, 5) is 22.0. The minimum absolute atomic E-state index is 0.145. The molecular formula is C11H22N2O2Se2. The summed E-state index contributed by atoms with van der Waals surface area (Å²) < 4.78 is 0. The van der Waals surface area contributed by atoms with Crippen LogP contribution in [0.3, 0.4) is 0 Å². The molecule has 17 heavy (non-hydrogen) atoms. The summed E-state index contributed by atoms with van der Waals surface area (Å²) in [5.41, 5.74) is 0. The van der Waals surface area contributed by atoms with Gasteiger partial charge < -0.3 is 0 Å². The molecule has 0 aromatic rings. The van der Waals surface area contributed by atoms with E-state index >= 15 is 0 Å². The Morgan fingerprint density at radius 2 is 1.65 bits per heavy atom. The van der Waals surface area contributed by atoms with Gasteiger partial charge in [-0.3, -0.25) is 0 Å². The zero-order valence-electron chi connectivity index (χ0n) is 10.6. The maximum absolute atomic E-state index is 11.0. The van der Waals surface area contributed by atoms with E-state index in [-0.39, 0.29) is 5.91 Å². The number of rotatable bonds is 11. The second kappa shape index (κ2) is 12.6. The topological polar surface area (TPSA) is 58.2 Å². The molecule has 4 nitrogen and oxygen atoms in total. The molecule has 0 aliphatic heterocycles. The Balaban J connectivity index is 3.08. The van der Waals surface area contributed by atoms with E-state index in [0.717, 1.165) is 29.0 Å². The number of ketones is 1.